The molecule has 0 aliphatic rings. The molecule has 2 aromatic rings. The number of thiophene rings is 1. The van der Waals surface area contributed by atoms with E-state index >= 15 is 0 Å². The van der Waals surface area contributed by atoms with E-state index in [2.05, 4.69) is 6.07 Å². The largest absolute Gasteiger partial charge is 0.398 e. The van der Waals surface area contributed by atoms with Gasteiger partial charge in [-0.2, -0.15) is 5.26 Å². The summed E-state index contributed by atoms with van der Waals surface area (Å²) in [6.45, 7) is 0. The van der Waals surface area contributed by atoms with Crippen LogP contribution in [0.1, 0.15) is 11.1 Å². The molecule has 0 saturated carbocycles. The van der Waals surface area contributed by atoms with Crippen molar-refractivity contribution in [3.05, 3.63) is 28.6 Å². The van der Waals surface area contributed by atoms with E-state index in [0.29, 0.717) is 17.1 Å². The summed E-state index contributed by atoms with van der Waals surface area (Å²) in [5, 5.41) is 11.6. The third kappa shape index (κ3) is 1.24. The number of rotatable bonds is 1. The van der Waals surface area contributed by atoms with Crippen LogP contribution in [0.5, 0.6) is 0 Å². The van der Waals surface area contributed by atoms with E-state index in [-0.39, 0.29) is 0 Å². The van der Waals surface area contributed by atoms with Crippen LogP contribution >= 0.6 is 22.9 Å². The van der Waals surface area contributed by atoms with Gasteiger partial charge in [-0.05, 0) is 11.6 Å². The molecule has 2 rings (SSSR count). The van der Waals surface area contributed by atoms with Crippen LogP contribution in [0.3, 0.4) is 0 Å². The second-order valence-electron chi connectivity index (χ2n) is 2.91. The molecule has 0 spiro atoms. The van der Waals surface area contributed by atoms with Crippen molar-refractivity contribution in [1.82, 2.24) is 0 Å². The number of nitrogen functional groups attached to an aromatic ring is 1. The molecule has 0 atom stereocenters. The predicted molar refractivity (Wildman–Crippen MR) is 60.5 cm³/mol. The fourth-order valence-electron chi connectivity index (χ4n) is 1.43. The Hall–Kier alpha value is -1.24. The summed E-state index contributed by atoms with van der Waals surface area (Å²) in [4.78, 5) is 0. The van der Waals surface area contributed by atoms with E-state index in [1.165, 1.54) is 11.3 Å². The molecule has 1 heterocycles. The van der Waals surface area contributed by atoms with Gasteiger partial charge in [-0.3, -0.25) is 0 Å². The maximum atomic E-state index is 8.91. The lowest BCUT2D eigenvalue weighted by Gasteiger charge is -2.01. The van der Waals surface area contributed by atoms with Gasteiger partial charge in [0.05, 0.1) is 10.3 Å². The van der Waals surface area contributed by atoms with Crippen molar-refractivity contribution in [2.75, 3.05) is 5.73 Å². The van der Waals surface area contributed by atoms with Crippen molar-refractivity contribution in [2.45, 2.75) is 5.88 Å². The molecule has 0 aliphatic carbocycles. The fourth-order valence-corrected chi connectivity index (χ4v) is 2.62. The number of anilines is 1. The number of nitrogens with zero attached hydrogens (tertiary/aromatic N) is 1. The molecular weight excluding hydrogens is 216 g/mol. The molecule has 0 fully saturated rings. The molecule has 14 heavy (non-hydrogen) atoms. The zero-order chi connectivity index (χ0) is 10.1. The van der Waals surface area contributed by atoms with Crippen LogP contribution in [-0.2, 0) is 5.88 Å². The standard InChI is InChI=1S/C10H7ClN2S/c11-3-6-1-2-8(13)10-9(6)7(4-12)5-14-10/h1-2,5H,3,13H2. The van der Waals surface area contributed by atoms with Crippen LogP contribution in [0.15, 0.2) is 17.5 Å². The fraction of sp³-hybridized carbons (Fsp3) is 0.100. The summed E-state index contributed by atoms with van der Waals surface area (Å²) in [6, 6.07) is 5.85. The molecular formula is C10H7ClN2S. The average Bonchev–Trinajstić information content (AvgIpc) is 2.63. The van der Waals surface area contributed by atoms with E-state index in [4.69, 9.17) is 22.6 Å². The lowest BCUT2D eigenvalue weighted by molar-refractivity contribution is 1.45. The second kappa shape index (κ2) is 3.49. The summed E-state index contributed by atoms with van der Waals surface area (Å²) in [6.07, 6.45) is 0. The highest BCUT2D eigenvalue weighted by atomic mass is 35.5. The topological polar surface area (TPSA) is 49.8 Å². The SMILES string of the molecule is N#Cc1csc2c(N)ccc(CCl)c12. The number of nitriles is 1. The van der Waals surface area contributed by atoms with E-state index < -0.39 is 0 Å². The predicted octanol–water partition coefficient (Wildman–Crippen LogP) is 3.09. The smallest absolute Gasteiger partial charge is 0.101 e. The van der Waals surface area contributed by atoms with Gasteiger partial charge in [0.15, 0.2) is 0 Å². The van der Waals surface area contributed by atoms with Crippen LogP contribution in [0.25, 0.3) is 10.1 Å². The molecule has 1 aromatic carbocycles. The Morgan fingerprint density at radius 1 is 1.50 bits per heavy atom. The van der Waals surface area contributed by atoms with Crippen molar-refractivity contribution in [2.24, 2.45) is 0 Å². The summed E-state index contributed by atoms with van der Waals surface area (Å²) in [5.74, 6) is 0.405. The normalized spacial score (nSPS) is 10.3. The van der Waals surface area contributed by atoms with Crippen LogP contribution < -0.4 is 5.73 Å². The number of hydrogen-bond donors (Lipinski definition) is 1. The third-order valence-electron chi connectivity index (χ3n) is 2.10. The maximum absolute atomic E-state index is 8.91. The number of benzene rings is 1. The zero-order valence-corrected chi connectivity index (χ0v) is 8.82. The maximum Gasteiger partial charge on any atom is 0.101 e. The number of alkyl halides is 1. The lowest BCUT2D eigenvalue weighted by atomic mass is 10.1. The molecule has 70 valence electrons. The molecule has 1 aromatic heterocycles. The van der Waals surface area contributed by atoms with Gasteiger partial charge in [-0.15, -0.1) is 22.9 Å². The first kappa shape index (κ1) is 9.32. The molecule has 2 N–H and O–H groups in total. The van der Waals surface area contributed by atoms with Gasteiger partial charge in [-0.1, -0.05) is 6.07 Å². The van der Waals surface area contributed by atoms with Crippen molar-refractivity contribution < 1.29 is 0 Å². The Balaban J connectivity index is 2.90. The molecule has 4 heteroatoms. The number of halogens is 1. The van der Waals surface area contributed by atoms with Gasteiger partial charge in [0.1, 0.15) is 6.07 Å². The van der Waals surface area contributed by atoms with Crippen LogP contribution in [0.4, 0.5) is 5.69 Å². The van der Waals surface area contributed by atoms with E-state index in [1.807, 2.05) is 17.5 Å². The molecule has 0 radical (unpaired) electrons. The van der Waals surface area contributed by atoms with Crippen molar-refractivity contribution in [3.63, 3.8) is 0 Å². The Labute approximate surface area is 90.5 Å². The lowest BCUT2D eigenvalue weighted by Crippen LogP contribution is -1.88. The second-order valence-corrected chi connectivity index (χ2v) is 4.06. The highest BCUT2D eigenvalue weighted by Crippen LogP contribution is 2.33. The molecule has 0 amide bonds. The Kier molecular flexibility index (Phi) is 2.32. The van der Waals surface area contributed by atoms with Gasteiger partial charge >= 0.3 is 0 Å². The van der Waals surface area contributed by atoms with Gasteiger partial charge in [-0.25, -0.2) is 0 Å². The molecule has 0 aliphatic heterocycles. The van der Waals surface area contributed by atoms with Crippen molar-refractivity contribution in [1.29, 1.82) is 5.26 Å². The van der Waals surface area contributed by atoms with Gasteiger partial charge in [0, 0.05) is 22.3 Å². The minimum Gasteiger partial charge on any atom is -0.398 e. The Bertz CT molecular complexity index is 525. The van der Waals surface area contributed by atoms with Gasteiger partial charge in [0.2, 0.25) is 0 Å². The molecule has 2 nitrogen and oxygen atoms in total. The molecule has 0 bridgehead atoms. The van der Waals surface area contributed by atoms with Crippen molar-refractivity contribution in [3.8, 4) is 6.07 Å². The Morgan fingerprint density at radius 2 is 2.29 bits per heavy atom. The van der Waals surface area contributed by atoms with Crippen LogP contribution in [0, 0.1) is 11.3 Å². The summed E-state index contributed by atoms with van der Waals surface area (Å²) >= 11 is 7.29. The number of fused-ring (bicyclic) bond motifs is 1. The number of hydrogen-bond acceptors (Lipinski definition) is 3. The third-order valence-corrected chi connectivity index (χ3v) is 3.42. The highest BCUT2D eigenvalue weighted by Gasteiger charge is 2.10. The van der Waals surface area contributed by atoms with E-state index in [1.54, 1.807) is 0 Å². The zero-order valence-electron chi connectivity index (χ0n) is 7.25. The van der Waals surface area contributed by atoms with Gasteiger partial charge < -0.3 is 5.73 Å². The van der Waals surface area contributed by atoms with Crippen molar-refractivity contribution >= 4 is 38.7 Å². The van der Waals surface area contributed by atoms with Crippen LogP contribution in [0.2, 0.25) is 0 Å². The summed E-state index contributed by atoms with van der Waals surface area (Å²) in [5.41, 5.74) is 8.14. The highest BCUT2D eigenvalue weighted by molar-refractivity contribution is 7.18. The molecule has 0 saturated heterocycles. The Morgan fingerprint density at radius 3 is 2.93 bits per heavy atom. The minimum absolute atomic E-state index is 0.405. The van der Waals surface area contributed by atoms with E-state index in [9.17, 15) is 0 Å². The first-order valence-electron chi connectivity index (χ1n) is 4.02. The minimum atomic E-state index is 0.405. The average molecular weight is 223 g/mol. The summed E-state index contributed by atoms with van der Waals surface area (Å²) in [7, 11) is 0. The molecule has 0 unspecified atom stereocenters. The van der Waals surface area contributed by atoms with E-state index in [0.717, 1.165) is 15.6 Å². The number of nitrogens with two attached hydrogens (primary N) is 1. The quantitative estimate of drug-likeness (QED) is 0.596. The summed E-state index contributed by atoms with van der Waals surface area (Å²) < 4.78 is 0.958. The first-order chi connectivity index (χ1) is 6.77. The van der Waals surface area contributed by atoms with Gasteiger partial charge in [0.25, 0.3) is 0 Å². The van der Waals surface area contributed by atoms with Crippen LogP contribution in [-0.4, -0.2) is 0 Å². The monoisotopic (exact) mass is 222 g/mol. The first-order valence-corrected chi connectivity index (χ1v) is 5.44.